The SMILES string of the molecule is CC(=O)[C@H]1CCc2c(O)c3c(c(O)c2C1)C(=O)c1ccccc1C3=O.CC1OC(O)CC(N)C1O. The second kappa shape index (κ2) is 9.50. The third-order valence-corrected chi connectivity index (χ3v) is 7.06. The van der Waals surface area contributed by atoms with Crippen molar-refractivity contribution >= 4 is 17.3 Å². The molecule has 0 amide bonds. The molecule has 0 radical (unpaired) electrons. The number of hydrogen-bond donors (Lipinski definition) is 5. The number of hydrogen-bond acceptors (Lipinski definition) is 9. The summed E-state index contributed by atoms with van der Waals surface area (Å²) in [6.07, 6.45) is -0.315. The van der Waals surface area contributed by atoms with E-state index in [2.05, 4.69) is 0 Å². The molecule has 3 aliphatic rings. The van der Waals surface area contributed by atoms with Gasteiger partial charge in [0.2, 0.25) is 0 Å². The van der Waals surface area contributed by atoms with Crippen LogP contribution in [-0.2, 0) is 22.4 Å². The Kier molecular flexibility index (Phi) is 6.79. The first kappa shape index (κ1) is 25.0. The molecule has 1 aliphatic heterocycles. The van der Waals surface area contributed by atoms with Crippen molar-refractivity contribution in [1.82, 2.24) is 0 Å². The number of nitrogens with two attached hydrogens (primary N) is 1. The van der Waals surface area contributed by atoms with Gasteiger partial charge in [-0.25, -0.2) is 0 Å². The Labute approximate surface area is 202 Å². The number of benzene rings is 2. The Morgan fingerprint density at radius 3 is 2.06 bits per heavy atom. The van der Waals surface area contributed by atoms with E-state index in [1.165, 1.54) is 13.0 Å². The number of Topliss-reactive ketones (excluding diaryl/α,β-unsaturated/α-hetero) is 1. The lowest BCUT2D eigenvalue weighted by molar-refractivity contribution is -0.198. The maximum absolute atomic E-state index is 12.8. The largest absolute Gasteiger partial charge is 0.507 e. The van der Waals surface area contributed by atoms with E-state index < -0.39 is 24.0 Å². The summed E-state index contributed by atoms with van der Waals surface area (Å²) < 4.78 is 4.89. The van der Waals surface area contributed by atoms with E-state index in [0.29, 0.717) is 30.4 Å². The minimum absolute atomic E-state index is 0.00927. The second-order valence-electron chi connectivity index (χ2n) is 9.34. The molecule has 35 heavy (non-hydrogen) atoms. The molecule has 9 nitrogen and oxygen atoms in total. The second-order valence-corrected chi connectivity index (χ2v) is 9.34. The van der Waals surface area contributed by atoms with E-state index in [9.17, 15) is 29.7 Å². The van der Waals surface area contributed by atoms with Crippen LogP contribution < -0.4 is 5.73 Å². The predicted octanol–water partition coefficient (Wildman–Crippen LogP) is 1.37. The molecular formula is C26H29NO8. The van der Waals surface area contributed by atoms with Crippen LogP contribution in [0.4, 0.5) is 0 Å². The molecule has 5 rings (SSSR count). The summed E-state index contributed by atoms with van der Waals surface area (Å²) in [7, 11) is 0. The summed E-state index contributed by atoms with van der Waals surface area (Å²) >= 11 is 0. The minimum Gasteiger partial charge on any atom is -0.507 e. The fraction of sp³-hybridized carbons (Fsp3) is 0.423. The number of aromatic hydroxyl groups is 2. The van der Waals surface area contributed by atoms with Crippen molar-refractivity contribution in [2.45, 2.75) is 64.1 Å². The van der Waals surface area contributed by atoms with Gasteiger partial charge in [-0.1, -0.05) is 24.3 Å². The van der Waals surface area contributed by atoms with Crippen LogP contribution in [0.15, 0.2) is 24.3 Å². The fourth-order valence-electron chi connectivity index (χ4n) is 5.02. The first-order chi connectivity index (χ1) is 16.5. The third kappa shape index (κ3) is 4.36. The summed E-state index contributed by atoms with van der Waals surface area (Å²) in [5.41, 5.74) is 6.51. The zero-order valence-electron chi connectivity index (χ0n) is 19.5. The van der Waals surface area contributed by atoms with Gasteiger partial charge in [0.05, 0.1) is 23.3 Å². The Morgan fingerprint density at radius 1 is 1.00 bits per heavy atom. The summed E-state index contributed by atoms with van der Waals surface area (Å²) in [4.78, 5) is 37.4. The Hall–Kier alpha value is -3.11. The van der Waals surface area contributed by atoms with E-state index >= 15 is 0 Å². The molecule has 2 aromatic rings. The van der Waals surface area contributed by atoms with Crippen LogP contribution in [0.25, 0.3) is 0 Å². The van der Waals surface area contributed by atoms with Gasteiger partial charge < -0.3 is 30.9 Å². The number of aliphatic hydroxyl groups is 2. The molecule has 4 unspecified atom stereocenters. The van der Waals surface area contributed by atoms with Crippen LogP contribution in [0, 0.1) is 5.92 Å². The first-order valence-corrected chi connectivity index (χ1v) is 11.6. The molecule has 0 aromatic heterocycles. The van der Waals surface area contributed by atoms with Crippen molar-refractivity contribution in [2.24, 2.45) is 11.7 Å². The van der Waals surface area contributed by atoms with Crippen molar-refractivity contribution < 1.29 is 39.5 Å². The molecule has 5 atom stereocenters. The molecule has 1 heterocycles. The Balaban J connectivity index is 0.000000243. The van der Waals surface area contributed by atoms with Gasteiger partial charge in [0.15, 0.2) is 17.9 Å². The average Bonchev–Trinajstić information content (AvgIpc) is 2.83. The number of carbonyl (C=O) groups is 3. The lowest BCUT2D eigenvalue weighted by Gasteiger charge is -2.33. The van der Waals surface area contributed by atoms with Crippen molar-refractivity contribution in [3.05, 3.63) is 57.6 Å². The van der Waals surface area contributed by atoms with Gasteiger partial charge in [0.1, 0.15) is 17.3 Å². The molecule has 9 heteroatoms. The van der Waals surface area contributed by atoms with Crippen molar-refractivity contribution in [3.8, 4) is 11.5 Å². The highest BCUT2D eigenvalue weighted by atomic mass is 16.6. The molecule has 0 saturated carbocycles. The maximum atomic E-state index is 12.8. The number of phenolic OH excluding ortho intramolecular Hbond substituents is 2. The normalized spacial score (nSPS) is 27.2. The molecule has 186 valence electrons. The van der Waals surface area contributed by atoms with Gasteiger partial charge in [-0.05, 0) is 33.1 Å². The highest BCUT2D eigenvalue weighted by Crippen LogP contribution is 2.46. The van der Waals surface area contributed by atoms with E-state index in [1.807, 2.05) is 0 Å². The number of fused-ring (bicyclic) bond motifs is 3. The van der Waals surface area contributed by atoms with Crippen LogP contribution in [0.2, 0.25) is 0 Å². The molecule has 2 aromatic carbocycles. The maximum Gasteiger partial charge on any atom is 0.198 e. The van der Waals surface area contributed by atoms with Crippen LogP contribution in [0.5, 0.6) is 11.5 Å². The third-order valence-electron chi connectivity index (χ3n) is 7.06. The van der Waals surface area contributed by atoms with E-state index in [1.54, 1.807) is 25.1 Å². The lowest BCUT2D eigenvalue weighted by Crippen LogP contribution is -2.51. The number of carbonyl (C=O) groups excluding carboxylic acids is 3. The first-order valence-electron chi connectivity index (χ1n) is 11.6. The molecule has 1 fully saturated rings. The fourth-order valence-corrected chi connectivity index (χ4v) is 5.02. The molecule has 1 saturated heterocycles. The molecule has 2 aliphatic carbocycles. The lowest BCUT2D eigenvalue weighted by atomic mass is 9.75. The number of ether oxygens (including phenoxy) is 1. The number of phenols is 2. The number of rotatable bonds is 1. The number of ketones is 3. The van der Waals surface area contributed by atoms with Crippen LogP contribution in [0.1, 0.15) is 69.7 Å². The molecular weight excluding hydrogens is 454 g/mol. The van der Waals surface area contributed by atoms with Crippen molar-refractivity contribution in [3.63, 3.8) is 0 Å². The van der Waals surface area contributed by atoms with Gasteiger partial charge in [0, 0.05) is 40.6 Å². The van der Waals surface area contributed by atoms with Gasteiger partial charge in [-0.2, -0.15) is 0 Å². The standard InChI is InChI=1S/C20H16O5.C6H13NO3/c1-9(21)10-6-7-13-14(8-10)20(25)16-15(19(13)24)17(22)11-4-2-3-5-12(11)18(16)23;1-3-6(9)4(7)2-5(8)10-3/h2-5,10,24-25H,6-8H2,1H3;3-6,8-9H,2,7H2,1H3/t10-;/m0./s1. The minimum atomic E-state index is -0.812. The average molecular weight is 484 g/mol. The van der Waals surface area contributed by atoms with Gasteiger partial charge >= 0.3 is 0 Å². The topological polar surface area (TPSA) is 167 Å². The van der Waals surface area contributed by atoms with E-state index in [-0.39, 0.29) is 64.0 Å². The van der Waals surface area contributed by atoms with Crippen LogP contribution >= 0.6 is 0 Å². The predicted molar refractivity (Wildman–Crippen MR) is 124 cm³/mol. The molecule has 6 N–H and O–H groups in total. The smallest absolute Gasteiger partial charge is 0.198 e. The summed E-state index contributed by atoms with van der Waals surface area (Å²) in [5.74, 6) is -1.70. The van der Waals surface area contributed by atoms with E-state index in [4.69, 9.17) is 15.6 Å². The Morgan fingerprint density at radius 2 is 1.54 bits per heavy atom. The quantitative estimate of drug-likeness (QED) is 0.321. The van der Waals surface area contributed by atoms with Gasteiger partial charge in [-0.15, -0.1) is 0 Å². The van der Waals surface area contributed by atoms with Crippen molar-refractivity contribution in [2.75, 3.05) is 0 Å². The monoisotopic (exact) mass is 483 g/mol. The summed E-state index contributed by atoms with van der Waals surface area (Å²) in [6, 6.07) is 6.02. The van der Waals surface area contributed by atoms with Gasteiger partial charge in [-0.3, -0.25) is 14.4 Å². The van der Waals surface area contributed by atoms with Gasteiger partial charge in [0.25, 0.3) is 0 Å². The van der Waals surface area contributed by atoms with Crippen LogP contribution in [0.3, 0.4) is 0 Å². The Bertz CT molecular complexity index is 1190. The highest BCUT2D eigenvalue weighted by Gasteiger charge is 2.39. The highest BCUT2D eigenvalue weighted by molar-refractivity contribution is 6.30. The molecule has 0 spiro atoms. The van der Waals surface area contributed by atoms with E-state index in [0.717, 1.165) is 0 Å². The summed E-state index contributed by atoms with van der Waals surface area (Å²) in [5, 5.41) is 39.6. The summed E-state index contributed by atoms with van der Waals surface area (Å²) in [6.45, 7) is 3.18. The van der Waals surface area contributed by atoms with Crippen LogP contribution in [-0.4, -0.2) is 62.3 Å². The molecule has 0 bridgehead atoms. The zero-order valence-corrected chi connectivity index (χ0v) is 19.5. The number of aliphatic hydroxyl groups excluding tert-OH is 2. The van der Waals surface area contributed by atoms with Crippen molar-refractivity contribution in [1.29, 1.82) is 0 Å². The zero-order chi connectivity index (χ0) is 25.6.